The highest BCUT2D eigenvalue weighted by atomic mass is 19.3. The van der Waals surface area contributed by atoms with Crippen LogP contribution in [0.15, 0.2) is 24.1 Å². The fourth-order valence-corrected chi connectivity index (χ4v) is 0.782. The average molecular weight is 162 g/mol. The summed E-state index contributed by atoms with van der Waals surface area (Å²) in [4.78, 5) is 10.00. The lowest BCUT2D eigenvalue weighted by atomic mass is 9.97. The van der Waals surface area contributed by atoms with Crippen molar-refractivity contribution in [3.8, 4) is 0 Å². The molecule has 0 saturated carbocycles. The summed E-state index contributed by atoms with van der Waals surface area (Å²) in [6, 6.07) is 0. The van der Waals surface area contributed by atoms with Crippen molar-refractivity contribution in [2.45, 2.75) is 5.92 Å². The van der Waals surface area contributed by atoms with E-state index in [9.17, 15) is 18.0 Å². The summed E-state index contributed by atoms with van der Waals surface area (Å²) in [5, 5.41) is 0. The molecule has 0 aromatic carbocycles. The Labute approximate surface area is 61.2 Å². The maximum atomic E-state index is 12.5. The minimum atomic E-state index is -3.66. The lowest BCUT2D eigenvalue weighted by Crippen LogP contribution is -2.30. The maximum absolute atomic E-state index is 12.5. The Bertz CT molecular complexity index is 230. The summed E-state index contributed by atoms with van der Waals surface area (Å²) in [6.45, 7) is 0. The second-order valence-corrected chi connectivity index (χ2v) is 2.18. The smallest absolute Gasteiger partial charge is 0.302 e. The first kappa shape index (κ1) is 8.04. The molecule has 0 saturated heterocycles. The van der Waals surface area contributed by atoms with Crippen molar-refractivity contribution >= 4 is 6.29 Å². The SMILES string of the molecule is O=CC1C=CC=C(F)C1(F)F. The molecule has 0 fully saturated rings. The number of allylic oxidation sites excluding steroid dienone is 4. The summed E-state index contributed by atoms with van der Waals surface area (Å²) in [6.07, 6.45) is 2.75. The molecule has 0 aromatic heterocycles. The molecule has 0 amide bonds. The zero-order valence-electron chi connectivity index (χ0n) is 5.43. The Hall–Kier alpha value is -1.06. The molecule has 1 unspecified atom stereocenters. The molecule has 0 spiro atoms. The predicted octanol–water partition coefficient (Wildman–Crippen LogP) is 1.86. The molecule has 4 heteroatoms. The Morgan fingerprint density at radius 3 is 2.64 bits per heavy atom. The molecule has 1 nitrogen and oxygen atoms in total. The van der Waals surface area contributed by atoms with E-state index in [1.165, 1.54) is 0 Å². The molecule has 1 aliphatic rings. The largest absolute Gasteiger partial charge is 0.311 e. The number of carbonyl (C=O) groups is 1. The van der Waals surface area contributed by atoms with Crippen LogP contribution in [0.25, 0.3) is 0 Å². The van der Waals surface area contributed by atoms with Gasteiger partial charge in [-0.1, -0.05) is 12.2 Å². The Kier molecular flexibility index (Phi) is 1.85. The summed E-state index contributed by atoms with van der Waals surface area (Å²) in [5.74, 6) is -6.87. The van der Waals surface area contributed by atoms with Crippen molar-refractivity contribution < 1.29 is 18.0 Å². The highest BCUT2D eigenvalue weighted by Crippen LogP contribution is 2.35. The summed E-state index contributed by atoms with van der Waals surface area (Å²) >= 11 is 0. The van der Waals surface area contributed by atoms with Gasteiger partial charge in [-0.2, -0.15) is 8.78 Å². The van der Waals surface area contributed by atoms with Gasteiger partial charge in [-0.15, -0.1) is 0 Å². The quantitative estimate of drug-likeness (QED) is 0.538. The standard InChI is InChI=1S/C7H5F3O/c8-6-3-1-2-5(4-11)7(6,9)10/h1-5H. The van der Waals surface area contributed by atoms with Gasteiger partial charge < -0.3 is 4.79 Å². The fraction of sp³-hybridized carbons (Fsp3) is 0.286. The van der Waals surface area contributed by atoms with E-state index in [4.69, 9.17) is 0 Å². The highest BCUT2D eigenvalue weighted by Gasteiger charge is 2.44. The van der Waals surface area contributed by atoms with Gasteiger partial charge in [0.15, 0.2) is 5.83 Å². The van der Waals surface area contributed by atoms with Crippen LogP contribution in [0.1, 0.15) is 0 Å². The normalized spacial score (nSPS) is 27.9. The summed E-state index contributed by atoms with van der Waals surface area (Å²) in [7, 11) is 0. The van der Waals surface area contributed by atoms with Crippen LogP contribution in [0.2, 0.25) is 0 Å². The van der Waals surface area contributed by atoms with Crippen LogP contribution in [0.5, 0.6) is 0 Å². The maximum Gasteiger partial charge on any atom is 0.311 e. The van der Waals surface area contributed by atoms with E-state index in [0.717, 1.165) is 12.2 Å². The highest BCUT2D eigenvalue weighted by molar-refractivity contribution is 5.61. The van der Waals surface area contributed by atoms with Gasteiger partial charge in [0.05, 0.1) is 0 Å². The van der Waals surface area contributed by atoms with Crippen molar-refractivity contribution in [3.05, 3.63) is 24.1 Å². The third-order valence-corrected chi connectivity index (χ3v) is 1.44. The zero-order chi connectivity index (χ0) is 8.48. The zero-order valence-corrected chi connectivity index (χ0v) is 5.43. The van der Waals surface area contributed by atoms with Gasteiger partial charge in [-0.25, -0.2) is 4.39 Å². The van der Waals surface area contributed by atoms with Crippen LogP contribution < -0.4 is 0 Å². The predicted molar refractivity (Wildman–Crippen MR) is 32.8 cm³/mol. The third kappa shape index (κ3) is 1.20. The van der Waals surface area contributed by atoms with Crippen molar-refractivity contribution in [2.24, 2.45) is 5.92 Å². The summed E-state index contributed by atoms with van der Waals surface area (Å²) < 4.78 is 37.4. The van der Waals surface area contributed by atoms with Crippen LogP contribution in [0, 0.1) is 5.92 Å². The van der Waals surface area contributed by atoms with Crippen LogP contribution in [-0.2, 0) is 4.79 Å². The minimum absolute atomic E-state index is 0.0308. The lowest BCUT2D eigenvalue weighted by molar-refractivity contribution is -0.119. The lowest BCUT2D eigenvalue weighted by Gasteiger charge is -2.20. The van der Waals surface area contributed by atoms with Crippen molar-refractivity contribution in [1.29, 1.82) is 0 Å². The first-order valence-electron chi connectivity index (χ1n) is 2.96. The average Bonchev–Trinajstić information content (AvgIpc) is 1.95. The van der Waals surface area contributed by atoms with E-state index >= 15 is 0 Å². The van der Waals surface area contributed by atoms with Crippen LogP contribution in [-0.4, -0.2) is 12.2 Å². The molecule has 0 aliphatic heterocycles. The van der Waals surface area contributed by atoms with Gasteiger partial charge in [-0.05, 0) is 6.08 Å². The molecule has 60 valence electrons. The van der Waals surface area contributed by atoms with Gasteiger partial charge in [0.1, 0.15) is 12.2 Å². The number of hydrogen-bond acceptors (Lipinski definition) is 1. The molecule has 0 bridgehead atoms. The monoisotopic (exact) mass is 162 g/mol. The number of rotatable bonds is 1. The molecule has 1 rings (SSSR count). The van der Waals surface area contributed by atoms with Crippen molar-refractivity contribution in [1.82, 2.24) is 0 Å². The second-order valence-electron chi connectivity index (χ2n) is 2.18. The summed E-state index contributed by atoms with van der Waals surface area (Å²) in [5.41, 5.74) is 0. The van der Waals surface area contributed by atoms with E-state index in [1.807, 2.05) is 0 Å². The number of hydrogen-bond donors (Lipinski definition) is 0. The van der Waals surface area contributed by atoms with E-state index in [2.05, 4.69) is 0 Å². The minimum Gasteiger partial charge on any atom is -0.302 e. The fourth-order valence-electron chi connectivity index (χ4n) is 0.782. The van der Waals surface area contributed by atoms with Gasteiger partial charge in [0, 0.05) is 0 Å². The second kappa shape index (κ2) is 2.53. The molecule has 11 heavy (non-hydrogen) atoms. The van der Waals surface area contributed by atoms with E-state index in [-0.39, 0.29) is 6.29 Å². The van der Waals surface area contributed by atoms with Crippen molar-refractivity contribution in [2.75, 3.05) is 0 Å². The number of halogens is 3. The van der Waals surface area contributed by atoms with Crippen molar-refractivity contribution in [3.63, 3.8) is 0 Å². The Morgan fingerprint density at radius 2 is 2.18 bits per heavy atom. The first-order chi connectivity index (χ1) is 5.09. The third-order valence-electron chi connectivity index (χ3n) is 1.44. The number of carbonyl (C=O) groups excluding carboxylic acids is 1. The van der Waals surface area contributed by atoms with E-state index < -0.39 is 17.7 Å². The van der Waals surface area contributed by atoms with E-state index in [1.54, 1.807) is 0 Å². The van der Waals surface area contributed by atoms with Gasteiger partial charge in [-0.3, -0.25) is 0 Å². The molecule has 1 aliphatic carbocycles. The molecular weight excluding hydrogens is 157 g/mol. The molecule has 0 N–H and O–H groups in total. The Morgan fingerprint density at radius 1 is 1.55 bits per heavy atom. The first-order valence-corrected chi connectivity index (χ1v) is 2.96. The molecule has 0 heterocycles. The topological polar surface area (TPSA) is 17.1 Å². The molecule has 1 atom stereocenters. The Balaban J connectivity index is 2.97. The van der Waals surface area contributed by atoms with Crippen LogP contribution >= 0.6 is 0 Å². The van der Waals surface area contributed by atoms with Gasteiger partial charge >= 0.3 is 5.92 Å². The van der Waals surface area contributed by atoms with Gasteiger partial charge in [0.2, 0.25) is 0 Å². The molecule has 0 aromatic rings. The van der Waals surface area contributed by atoms with Gasteiger partial charge in [0.25, 0.3) is 0 Å². The molecule has 0 radical (unpaired) electrons. The van der Waals surface area contributed by atoms with E-state index in [0.29, 0.717) is 6.08 Å². The van der Waals surface area contributed by atoms with Crippen LogP contribution in [0.4, 0.5) is 13.2 Å². The molecular formula is C7H5F3O. The number of alkyl halides is 2. The van der Waals surface area contributed by atoms with Crippen LogP contribution in [0.3, 0.4) is 0 Å². The number of aldehydes is 1.